The molecule has 0 unspecified atom stereocenters. The van der Waals surface area contributed by atoms with Crippen LogP contribution in [-0.2, 0) is 11.3 Å². The van der Waals surface area contributed by atoms with Crippen LogP contribution in [0, 0.1) is 0 Å². The highest BCUT2D eigenvalue weighted by atomic mass is 16.2. The summed E-state index contributed by atoms with van der Waals surface area (Å²) in [5.74, 6) is 0.0902. The van der Waals surface area contributed by atoms with Gasteiger partial charge in [-0.25, -0.2) is 0 Å². The zero-order valence-electron chi connectivity index (χ0n) is 10.8. The van der Waals surface area contributed by atoms with E-state index < -0.39 is 0 Å². The van der Waals surface area contributed by atoms with Crippen LogP contribution in [0.3, 0.4) is 0 Å². The fourth-order valence-electron chi connectivity index (χ4n) is 1.60. The number of carbonyl (C=O) groups is 1. The van der Waals surface area contributed by atoms with Gasteiger partial charge in [-0.1, -0.05) is 43.7 Å². The average Bonchev–Trinajstić information content (AvgIpc) is 2.35. The Morgan fingerprint density at radius 1 is 1.29 bits per heavy atom. The summed E-state index contributed by atoms with van der Waals surface area (Å²) in [6.07, 6.45) is 2.30. The van der Waals surface area contributed by atoms with Gasteiger partial charge in [0, 0.05) is 6.54 Å². The van der Waals surface area contributed by atoms with E-state index in [-0.39, 0.29) is 5.91 Å². The van der Waals surface area contributed by atoms with E-state index in [1.165, 1.54) is 0 Å². The third kappa shape index (κ3) is 6.07. The van der Waals surface area contributed by atoms with Crippen molar-refractivity contribution >= 4 is 5.91 Å². The number of benzene rings is 1. The standard InChI is InChI=1S/C14H22N2O/c1-3-4-10-16(2)12-14(17)15-11-13-8-6-5-7-9-13/h5-9H,3-4,10-12H2,1-2H3,(H,15,17). The number of rotatable bonds is 7. The largest absolute Gasteiger partial charge is 0.351 e. The van der Waals surface area contributed by atoms with E-state index >= 15 is 0 Å². The predicted molar refractivity (Wildman–Crippen MR) is 70.7 cm³/mol. The van der Waals surface area contributed by atoms with E-state index in [1.807, 2.05) is 37.4 Å². The monoisotopic (exact) mass is 234 g/mol. The van der Waals surface area contributed by atoms with Crippen molar-refractivity contribution in [3.05, 3.63) is 35.9 Å². The van der Waals surface area contributed by atoms with Crippen molar-refractivity contribution in [2.24, 2.45) is 0 Å². The maximum absolute atomic E-state index is 11.6. The minimum atomic E-state index is 0.0902. The molecule has 1 rings (SSSR count). The third-order valence-electron chi connectivity index (χ3n) is 2.64. The van der Waals surface area contributed by atoms with Gasteiger partial charge in [-0.05, 0) is 25.6 Å². The molecule has 3 nitrogen and oxygen atoms in total. The van der Waals surface area contributed by atoms with Crippen LogP contribution < -0.4 is 5.32 Å². The summed E-state index contributed by atoms with van der Waals surface area (Å²) in [6, 6.07) is 9.97. The first kappa shape index (κ1) is 13.7. The average molecular weight is 234 g/mol. The maximum atomic E-state index is 11.6. The molecule has 1 N–H and O–H groups in total. The van der Waals surface area contributed by atoms with Gasteiger partial charge in [-0.15, -0.1) is 0 Å². The fraction of sp³-hybridized carbons (Fsp3) is 0.500. The van der Waals surface area contributed by atoms with Gasteiger partial charge in [-0.2, -0.15) is 0 Å². The van der Waals surface area contributed by atoms with Crippen molar-refractivity contribution in [1.82, 2.24) is 10.2 Å². The Kier molecular flexibility index (Phi) is 6.33. The number of unbranched alkanes of at least 4 members (excludes halogenated alkanes) is 1. The van der Waals surface area contributed by atoms with Crippen LogP contribution >= 0.6 is 0 Å². The number of nitrogens with one attached hydrogen (secondary N) is 1. The van der Waals surface area contributed by atoms with Gasteiger partial charge in [0.15, 0.2) is 0 Å². The quantitative estimate of drug-likeness (QED) is 0.783. The normalized spacial score (nSPS) is 10.5. The van der Waals surface area contributed by atoms with Crippen molar-refractivity contribution in [2.45, 2.75) is 26.3 Å². The molecule has 17 heavy (non-hydrogen) atoms. The summed E-state index contributed by atoms with van der Waals surface area (Å²) in [6.45, 7) is 4.23. The van der Waals surface area contributed by atoms with E-state index in [9.17, 15) is 4.79 Å². The minimum Gasteiger partial charge on any atom is -0.351 e. The van der Waals surface area contributed by atoms with Crippen molar-refractivity contribution in [3.8, 4) is 0 Å². The van der Waals surface area contributed by atoms with E-state index in [2.05, 4.69) is 17.1 Å². The number of likely N-dealkylation sites (N-methyl/N-ethyl adjacent to an activating group) is 1. The first-order valence-electron chi connectivity index (χ1n) is 6.21. The minimum absolute atomic E-state index is 0.0902. The summed E-state index contributed by atoms with van der Waals surface area (Å²) in [5, 5.41) is 2.93. The summed E-state index contributed by atoms with van der Waals surface area (Å²) in [4.78, 5) is 13.7. The number of hydrogen-bond donors (Lipinski definition) is 1. The van der Waals surface area contributed by atoms with E-state index in [0.717, 1.165) is 24.9 Å². The van der Waals surface area contributed by atoms with Gasteiger partial charge >= 0.3 is 0 Å². The summed E-state index contributed by atoms with van der Waals surface area (Å²) in [5.41, 5.74) is 1.14. The Hall–Kier alpha value is -1.35. The van der Waals surface area contributed by atoms with Gasteiger partial charge in [0.25, 0.3) is 0 Å². The van der Waals surface area contributed by atoms with Crippen LogP contribution in [-0.4, -0.2) is 30.9 Å². The van der Waals surface area contributed by atoms with Crippen LogP contribution in [0.2, 0.25) is 0 Å². The number of amides is 1. The highest BCUT2D eigenvalue weighted by molar-refractivity contribution is 5.77. The molecule has 0 aromatic heterocycles. The summed E-state index contributed by atoms with van der Waals surface area (Å²) in [7, 11) is 1.98. The van der Waals surface area contributed by atoms with E-state index in [0.29, 0.717) is 13.1 Å². The second-order valence-corrected chi connectivity index (χ2v) is 4.35. The summed E-state index contributed by atoms with van der Waals surface area (Å²) >= 11 is 0. The molecule has 0 aliphatic carbocycles. The zero-order chi connectivity index (χ0) is 12.5. The highest BCUT2D eigenvalue weighted by Gasteiger charge is 2.05. The van der Waals surface area contributed by atoms with Crippen molar-refractivity contribution < 1.29 is 4.79 Å². The first-order chi connectivity index (χ1) is 8.22. The molecule has 0 heterocycles. The van der Waals surface area contributed by atoms with Crippen molar-refractivity contribution in [1.29, 1.82) is 0 Å². The lowest BCUT2D eigenvalue weighted by molar-refractivity contribution is -0.122. The smallest absolute Gasteiger partial charge is 0.234 e. The van der Waals surface area contributed by atoms with Gasteiger partial charge in [0.05, 0.1) is 6.54 Å². The Bertz CT molecular complexity index is 324. The van der Waals surface area contributed by atoms with Crippen LogP contribution in [0.1, 0.15) is 25.3 Å². The topological polar surface area (TPSA) is 32.3 Å². The zero-order valence-corrected chi connectivity index (χ0v) is 10.8. The first-order valence-corrected chi connectivity index (χ1v) is 6.21. The van der Waals surface area contributed by atoms with Crippen LogP contribution in [0.15, 0.2) is 30.3 Å². The third-order valence-corrected chi connectivity index (χ3v) is 2.64. The molecule has 0 bridgehead atoms. The number of nitrogens with zero attached hydrogens (tertiary/aromatic N) is 1. The Morgan fingerprint density at radius 2 is 2.00 bits per heavy atom. The molecule has 3 heteroatoms. The highest BCUT2D eigenvalue weighted by Crippen LogP contribution is 1.97. The molecule has 1 aromatic carbocycles. The SMILES string of the molecule is CCCCN(C)CC(=O)NCc1ccccc1. The molecule has 0 saturated carbocycles. The lowest BCUT2D eigenvalue weighted by Crippen LogP contribution is -2.35. The van der Waals surface area contributed by atoms with Crippen LogP contribution in [0.25, 0.3) is 0 Å². The number of hydrogen-bond acceptors (Lipinski definition) is 2. The second-order valence-electron chi connectivity index (χ2n) is 4.35. The Morgan fingerprint density at radius 3 is 2.65 bits per heavy atom. The molecule has 0 aliphatic rings. The van der Waals surface area contributed by atoms with Crippen LogP contribution in [0.5, 0.6) is 0 Å². The molecule has 0 radical (unpaired) electrons. The molecule has 1 aromatic rings. The molecule has 0 atom stereocenters. The molecular weight excluding hydrogens is 212 g/mol. The summed E-state index contributed by atoms with van der Waals surface area (Å²) < 4.78 is 0. The van der Waals surface area contributed by atoms with Crippen molar-refractivity contribution in [2.75, 3.05) is 20.1 Å². The molecule has 0 fully saturated rings. The lowest BCUT2D eigenvalue weighted by atomic mass is 10.2. The molecule has 0 aliphatic heterocycles. The molecule has 0 spiro atoms. The molecule has 0 saturated heterocycles. The van der Waals surface area contributed by atoms with E-state index in [4.69, 9.17) is 0 Å². The Labute approximate surface area is 104 Å². The molecule has 94 valence electrons. The van der Waals surface area contributed by atoms with Gasteiger partial charge in [-0.3, -0.25) is 9.69 Å². The molecular formula is C14H22N2O. The second kappa shape index (κ2) is 7.85. The van der Waals surface area contributed by atoms with Crippen LogP contribution in [0.4, 0.5) is 0 Å². The van der Waals surface area contributed by atoms with Gasteiger partial charge in [0.2, 0.25) is 5.91 Å². The van der Waals surface area contributed by atoms with E-state index in [1.54, 1.807) is 0 Å². The van der Waals surface area contributed by atoms with Gasteiger partial charge < -0.3 is 5.32 Å². The molecule has 1 amide bonds. The fourth-order valence-corrected chi connectivity index (χ4v) is 1.60. The number of carbonyl (C=O) groups excluding carboxylic acids is 1. The predicted octanol–water partition coefficient (Wildman–Crippen LogP) is 2.03. The maximum Gasteiger partial charge on any atom is 0.234 e. The lowest BCUT2D eigenvalue weighted by Gasteiger charge is -2.15. The van der Waals surface area contributed by atoms with Crippen molar-refractivity contribution in [3.63, 3.8) is 0 Å². The van der Waals surface area contributed by atoms with Gasteiger partial charge in [0.1, 0.15) is 0 Å². The Balaban J connectivity index is 2.21.